The van der Waals surface area contributed by atoms with Crippen LogP contribution in [-0.2, 0) is 17.9 Å². The van der Waals surface area contributed by atoms with E-state index in [1.165, 1.54) is 23.0 Å². The first-order valence-corrected chi connectivity index (χ1v) is 11.5. The Hall–Kier alpha value is -3.19. The van der Waals surface area contributed by atoms with E-state index in [-0.39, 0.29) is 24.6 Å². The third kappa shape index (κ3) is 4.02. The maximum absolute atomic E-state index is 14.1. The zero-order valence-corrected chi connectivity index (χ0v) is 19.1. The average molecular weight is 467 g/mol. The topological polar surface area (TPSA) is 60.1 Å². The van der Waals surface area contributed by atoms with Crippen molar-refractivity contribution in [2.45, 2.75) is 32.9 Å². The van der Waals surface area contributed by atoms with Crippen LogP contribution < -0.4 is 5.56 Å². The molecule has 8 heteroatoms. The molecule has 1 amide bonds. The monoisotopic (exact) mass is 466 g/mol. The molecule has 0 unspecified atom stereocenters. The minimum absolute atomic E-state index is 0.00534. The van der Waals surface area contributed by atoms with Gasteiger partial charge in [-0.25, -0.2) is 9.37 Å². The van der Waals surface area contributed by atoms with E-state index in [2.05, 4.69) is 11.9 Å². The van der Waals surface area contributed by atoms with Crippen molar-refractivity contribution in [2.24, 2.45) is 5.92 Å². The highest BCUT2D eigenvalue weighted by Crippen LogP contribution is 2.27. The molecular formula is C25H24ClFN4O2. The van der Waals surface area contributed by atoms with Crippen molar-refractivity contribution in [2.75, 3.05) is 13.1 Å². The Labute approximate surface area is 195 Å². The maximum atomic E-state index is 14.1. The number of nitrogens with zero attached hydrogens (tertiary/aromatic N) is 4. The molecule has 0 bridgehead atoms. The van der Waals surface area contributed by atoms with Crippen LogP contribution in [0.25, 0.3) is 21.9 Å². The molecule has 0 aliphatic carbocycles. The average Bonchev–Trinajstić information content (AvgIpc) is 3.10. The van der Waals surface area contributed by atoms with Crippen LogP contribution in [-0.4, -0.2) is 38.0 Å². The van der Waals surface area contributed by atoms with Gasteiger partial charge in [-0.1, -0.05) is 36.7 Å². The highest BCUT2D eigenvalue weighted by molar-refractivity contribution is 6.31. The van der Waals surface area contributed by atoms with E-state index >= 15 is 0 Å². The van der Waals surface area contributed by atoms with E-state index in [1.807, 2.05) is 23.1 Å². The number of hydrogen-bond donors (Lipinski definition) is 0. The number of rotatable bonds is 4. The molecule has 0 N–H and O–H groups in total. The second-order valence-corrected chi connectivity index (χ2v) is 9.21. The molecule has 0 spiro atoms. The SMILES string of the molecule is C[C@H]1CCCN(C(=O)Cn2c3ccc(F)cc3c3ncn(Cc4ccccc4Cl)c(=O)c32)C1. The lowest BCUT2D eigenvalue weighted by atomic mass is 10.0. The fourth-order valence-electron chi connectivity index (χ4n) is 4.71. The number of aromatic nitrogens is 3. The number of fused-ring (bicyclic) bond motifs is 3. The largest absolute Gasteiger partial charge is 0.341 e. The van der Waals surface area contributed by atoms with Crippen molar-refractivity contribution in [1.29, 1.82) is 0 Å². The predicted molar refractivity (Wildman–Crippen MR) is 127 cm³/mol. The van der Waals surface area contributed by atoms with Crippen molar-refractivity contribution in [1.82, 2.24) is 19.0 Å². The smallest absolute Gasteiger partial charge is 0.278 e. The van der Waals surface area contributed by atoms with Crippen LogP contribution in [0, 0.1) is 11.7 Å². The number of likely N-dealkylation sites (tertiary alicyclic amines) is 1. The highest BCUT2D eigenvalue weighted by Gasteiger charge is 2.24. The summed E-state index contributed by atoms with van der Waals surface area (Å²) in [5, 5.41) is 1.08. The minimum Gasteiger partial charge on any atom is -0.341 e. The normalized spacial score (nSPS) is 16.6. The molecule has 0 radical (unpaired) electrons. The standard InChI is InChI=1S/C25H24ClFN4O2/c1-16-5-4-10-29(12-16)22(32)14-31-21-9-8-18(27)11-19(21)23-24(31)25(33)30(15-28-23)13-17-6-2-3-7-20(17)26/h2-3,6-9,11,15-16H,4-5,10,12-14H2,1H3/t16-/m0/s1. The van der Waals surface area contributed by atoms with Gasteiger partial charge in [0.2, 0.25) is 5.91 Å². The first-order valence-electron chi connectivity index (χ1n) is 11.1. The van der Waals surface area contributed by atoms with Crippen LogP contribution in [0.4, 0.5) is 4.39 Å². The molecule has 33 heavy (non-hydrogen) atoms. The molecule has 6 nitrogen and oxygen atoms in total. The van der Waals surface area contributed by atoms with Gasteiger partial charge in [0.1, 0.15) is 23.4 Å². The van der Waals surface area contributed by atoms with E-state index in [0.717, 1.165) is 18.4 Å². The number of carbonyl (C=O) groups excluding carboxylic acids is 1. The van der Waals surface area contributed by atoms with Gasteiger partial charge in [-0.15, -0.1) is 0 Å². The van der Waals surface area contributed by atoms with E-state index < -0.39 is 5.82 Å². The van der Waals surface area contributed by atoms with Crippen LogP contribution in [0.3, 0.4) is 0 Å². The lowest BCUT2D eigenvalue weighted by Gasteiger charge is -2.31. The fraction of sp³-hybridized carbons (Fsp3) is 0.320. The molecule has 1 saturated heterocycles. The van der Waals surface area contributed by atoms with Crippen molar-refractivity contribution in [3.05, 3.63) is 75.5 Å². The van der Waals surface area contributed by atoms with Gasteiger partial charge in [0, 0.05) is 23.5 Å². The number of halogens is 2. The molecule has 2 aromatic carbocycles. The first-order chi connectivity index (χ1) is 15.9. The summed E-state index contributed by atoms with van der Waals surface area (Å²) < 4.78 is 17.2. The summed E-state index contributed by atoms with van der Waals surface area (Å²) in [4.78, 5) is 33.1. The highest BCUT2D eigenvalue weighted by atomic mass is 35.5. The molecule has 1 atom stereocenters. The Morgan fingerprint density at radius 2 is 2.06 bits per heavy atom. The molecular weight excluding hydrogens is 443 g/mol. The van der Waals surface area contributed by atoms with Crippen molar-refractivity contribution in [3.8, 4) is 0 Å². The summed E-state index contributed by atoms with van der Waals surface area (Å²) in [6.45, 7) is 3.81. The van der Waals surface area contributed by atoms with Gasteiger partial charge in [-0.05, 0) is 48.6 Å². The summed E-state index contributed by atoms with van der Waals surface area (Å²) in [5.41, 5.74) is 1.80. The minimum atomic E-state index is -0.417. The molecule has 1 fully saturated rings. The lowest BCUT2D eigenvalue weighted by molar-refractivity contribution is -0.133. The fourth-order valence-corrected chi connectivity index (χ4v) is 4.91. The van der Waals surface area contributed by atoms with E-state index in [1.54, 1.807) is 16.7 Å². The quantitative estimate of drug-likeness (QED) is 0.446. The van der Waals surface area contributed by atoms with E-state index in [9.17, 15) is 14.0 Å². The first kappa shape index (κ1) is 21.6. The van der Waals surface area contributed by atoms with Crippen LogP contribution in [0.15, 0.2) is 53.6 Å². The third-order valence-corrected chi connectivity index (χ3v) is 6.76. The number of carbonyl (C=O) groups is 1. The Morgan fingerprint density at radius 3 is 2.85 bits per heavy atom. The lowest BCUT2D eigenvalue weighted by Crippen LogP contribution is -2.41. The number of amides is 1. The maximum Gasteiger partial charge on any atom is 0.278 e. The number of piperidine rings is 1. The number of hydrogen-bond acceptors (Lipinski definition) is 3. The van der Waals surface area contributed by atoms with Gasteiger partial charge < -0.3 is 9.47 Å². The predicted octanol–water partition coefficient (Wildman–Crippen LogP) is 4.45. The molecule has 2 aromatic heterocycles. The van der Waals surface area contributed by atoms with Gasteiger partial charge in [0.25, 0.3) is 5.56 Å². The Kier molecular flexibility index (Phi) is 5.66. The van der Waals surface area contributed by atoms with Gasteiger partial charge >= 0.3 is 0 Å². The Balaban J connectivity index is 1.63. The van der Waals surface area contributed by atoms with Gasteiger partial charge in [0.15, 0.2) is 0 Å². The molecule has 1 aliphatic rings. The van der Waals surface area contributed by atoms with Crippen LogP contribution in [0.5, 0.6) is 0 Å². The molecule has 4 aromatic rings. The third-order valence-electron chi connectivity index (χ3n) is 6.39. The van der Waals surface area contributed by atoms with Crippen LogP contribution in [0.1, 0.15) is 25.3 Å². The van der Waals surface area contributed by atoms with E-state index in [4.69, 9.17) is 11.6 Å². The van der Waals surface area contributed by atoms with Crippen LogP contribution in [0.2, 0.25) is 5.02 Å². The molecule has 5 rings (SSSR count). The van der Waals surface area contributed by atoms with Gasteiger partial charge in [-0.2, -0.15) is 0 Å². The molecule has 0 saturated carbocycles. The Morgan fingerprint density at radius 1 is 1.24 bits per heavy atom. The summed E-state index contributed by atoms with van der Waals surface area (Å²) in [7, 11) is 0. The van der Waals surface area contributed by atoms with Gasteiger partial charge in [-0.3, -0.25) is 14.2 Å². The van der Waals surface area contributed by atoms with Crippen molar-refractivity contribution < 1.29 is 9.18 Å². The van der Waals surface area contributed by atoms with Gasteiger partial charge in [0.05, 0.1) is 18.4 Å². The second kappa shape index (κ2) is 8.63. The molecule has 1 aliphatic heterocycles. The van der Waals surface area contributed by atoms with Crippen molar-refractivity contribution >= 4 is 39.4 Å². The summed E-state index contributed by atoms with van der Waals surface area (Å²) in [6, 6.07) is 11.6. The van der Waals surface area contributed by atoms with Crippen LogP contribution >= 0.6 is 11.6 Å². The zero-order chi connectivity index (χ0) is 23.1. The summed E-state index contributed by atoms with van der Waals surface area (Å²) in [6.07, 6.45) is 3.53. The summed E-state index contributed by atoms with van der Waals surface area (Å²) >= 11 is 6.29. The van der Waals surface area contributed by atoms with E-state index in [0.29, 0.717) is 46.0 Å². The zero-order valence-electron chi connectivity index (χ0n) is 18.3. The second-order valence-electron chi connectivity index (χ2n) is 8.80. The summed E-state index contributed by atoms with van der Waals surface area (Å²) in [5.74, 6) is -0.0187. The Bertz CT molecular complexity index is 1430. The molecule has 170 valence electrons. The van der Waals surface area contributed by atoms with Crippen molar-refractivity contribution in [3.63, 3.8) is 0 Å². The molecule has 3 heterocycles. The number of benzene rings is 2.